The molecule has 0 spiro atoms. The molecule has 5 nitrogen and oxygen atoms in total. The van der Waals surface area contributed by atoms with Gasteiger partial charge >= 0.3 is 0 Å². The number of hydrogen-bond acceptors (Lipinski definition) is 5. The van der Waals surface area contributed by atoms with E-state index in [-0.39, 0.29) is 17.8 Å². The highest BCUT2D eigenvalue weighted by Gasteiger charge is 2.32. The van der Waals surface area contributed by atoms with Gasteiger partial charge in [0.2, 0.25) is 0 Å². The fraction of sp³-hybridized carbons (Fsp3) is 0.688. The third-order valence-corrected chi connectivity index (χ3v) is 4.37. The first kappa shape index (κ1) is 19.2. The van der Waals surface area contributed by atoms with Crippen molar-refractivity contribution < 1.29 is 4.74 Å². The third-order valence-electron chi connectivity index (χ3n) is 4.37. The molecule has 1 atom stereocenters. The number of aromatic nitrogens is 1. The molecule has 1 fully saturated rings. The summed E-state index contributed by atoms with van der Waals surface area (Å²) in [6.07, 6.45) is 3.17. The molecule has 126 valence electrons. The third kappa shape index (κ3) is 5.09. The minimum absolute atomic E-state index is 0. The van der Waals surface area contributed by atoms with Gasteiger partial charge in [-0.2, -0.15) is 0 Å². The van der Waals surface area contributed by atoms with Gasteiger partial charge in [0, 0.05) is 40.0 Å². The molecule has 6 heteroatoms. The summed E-state index contributed by atoms with van der Waals surface area (Å²) in [5, 5.41) is 0. The van der Waals surface area contributed by atoms with Crippen molar-refractivity contribution in [3.05, 3.63) is 23.9 Å². The van der Waals surface area contributed by atoms with Crippen LogP contribution in [-0.4, -0.2) is 56.8 Å². The zero-order valence-electron chi connectivity index (χ0n) is 13.9. The lowest BCUT2D eigenvalue weighted by molar-refractivity contribution is 0.206. The molecule has 0 aliphatic carbocycles. The molecular weight excluding hydrogens is 300 g/mol. The van der Waals surface area contributed by atoms with Crippen molar-refractivity contribution in [1.29, 1.82) is 0 Å². The number of anilines is 1. The molecule has 1 unspecified atom stereocenters. The van der Waals surface area contributed by atoms with Crippen LogP contribution < -0.4 is 10.6 Å². The quantitative estimate of drug-likeness (QED) is 0.826. The van der Waals surface area contributed by atoms with Gasteiger partial charge in [-0.1, -0.05) is 13.0 Å². The Morgan fingerprint density at radius 1 is 1.45 bits per heavy atom. The van der Waals surface area contributed by atoms with Crippen molar-refractivity contribution in [3.8, 4) is 0 Å². The molecule has 22 heavy (non-hydrogen) atoms. The Morgan fingerprint density at radius 3 is 2.77 bits per heavy atom. The van der Waals surface area contributed by atoms with E-state index in [4.69, 9.17) is 10.5 Å². The molecule has 0 aromatic carbocycles. The van der Waals surface area contributed by atoms with Crippen LogP contribution >= 0.6 is 12.4 Å². The van der Waals surface area contributed by atoms with Gasteiger partial charge in [0.25, 0.3) is 0 Å². The molecule has 0 saturated carbocycles. The maximum Gasteiger partial charge on any atom is 0.128 e. The summed E-state index contributed by atoms with van der Waals surface area (Å²) in [7, 11) is 3.75. The molecule has 1 saturated heterocycles. The van der Waals surface area contributed by atoms with Crippen LogP contribution in [0.2, 0.25) is 0 Å². The minimum Gasteiger partial charge on any atom is -0.383 e. The first-order valence-electron chi connectivity index (χ1n) is 7.64. The van der Waals surface area contributed by atoms with Crippen LogP contribution in [0, 0.1) is 5.41 Å². The Hall–Kier alpha value is -0.880. The second kappa shape index (κ2) is 8.67. The molecule has 1 aliphatic rings. The van der Waals surface area contributed by atoms with Crippen LogP contribution in [0.1, 0.15) is 18.9 Å². The lowest BCUT2D eigenvalue weighted by Gasteiger charge is -2.23. The van der Waals surface area contributed by atoms with Crippen molar-refractivity contribution in [2.45, 2.75) is 19.9 Å². The number of hydrogen-bond donors (Lipinski definition) is 1. The van der Waals surface area contributed by atoms with E-state index in [9.17, 15) is 0 Å². The second-order valence-corrected chi connectivity index (χ2v) is 6.41. The van der Waals surface area contributed by atoms with Gasteiger partial charge in [-0.05, 0) is 36.6 Å². The number of nitrogens with zero attached hydrogens (tertiary/aromatic N) is 3. The van der Waals surface area contributed by atoms with E-state index in [1.54, 1.807) is 7.11 Å². The maximum atomic E-state index is 5.86. The van der Waals surface area contributed by atoms with Crippen LogP contribution in [0.4, 0.5) is 5.82 Å². The lowest BCUT2D eigenvalue weighted by Crippen LogP contribution is -2.31. The van der Waals surface area contributed by atoms with E-state index in [2.05, 4.69) is 33.8 Å². The second-order valence-electron chi connectivity index (χ2n) is 6.41. The smallest absolute Gasteiger partial charge is 0.128 e. The van der Waals surface area contributed by atoms with E-state index < -0.39 is 0 Å². The van der Waals surface area contributed by atoms with Crippen molar-refractivity contribution in [2.24, 2.45) is 11.1 Å². The van der Waals surface area contributed by atoms with Gasteiger partial charge in [-0.15, -0.1) is 12.4 Å². The van der Waals surface area contributed by atoms with Crippen LogP contribution in [-0.2, 0) is 11.3 Å². The SMILES string of the molecule is COCCN(C)c1ccc(CN2CCC(C)(CN)C2)cn1.Cl. The van der Waals surface area contributed by atoms with Crippen LogP contribution in [0.5, 0.6) is 0 Å². The van der Waals surface area contributed by atoms with E-state index in [1.165, 1.54) is 12.0 Å². The number of methoxy groups -OCH3 is 1. The first-order chi connectivity index (χ1) is 10.1. The average molecular weight is 329 g/mol. The molecule has 1 aromatic heterocycles. The Balaban J connectivity index is 0.00000242. The summed E-state index contributed by atoms with van der Waals surface area (Å²) in [5.74, 6) is 0.990. The number of halogens is 1. The van der Waals surface area contributed by atoms with E-state index in [0.29, 0.717) is 6.61 Å². The molecule has 2 N–H and O–H groups in total. The molecule has 0 radical (unpaired) electrons. The summed E-state index contributed by atoms with van der Waals surface area (Å²) >= 11 is 0. The Labute approximate surface area is 140 Å². The van der Waals surface area contributed by atoms with Crippen molar-refractivity contribution in [3.63, 3.8) is 0 Å². The molecule has 1 aromatic rings. The topological polar surface area (TPSA) is 54.6 Å². The predicted molar refractivity (Wildman–Crippen MR) is 93.7 cm³/mol. The summed E-state index contributed by atoms with van der Waals surface area (Å²) in [5.41, 5.74) is 7.41. The first-order valence-corrected chi connectivity index (χ1v) is 7.64. The van der Waals surface area contributed by atoms with Gasteiger partial charge in [-0.25, -0.2) is 4.98 Å². The highest BCUT2D eigenvalue weighted by atomic mass is 35.5. The van der Waals surface area contributed by atoms with Gasteiger partial charge < -0.3 is 15.4 Å². The average Bonchev–Trinajstić information content (AvgIpc) is 2.87. The Kier molecular flexibility index (Phi) is 7.56. The van der Waals surface area contributed by atoms with Gasteiger partial charge in [0.05, 0.1) is 6.61 Å². The van der Waals surface area contributed by atoms with Crippen molar-refractivity contribution >= 4 is 18.2 Å². The fourth-order valence-corrected chi connectivity index (χ4v) is 2.76. The zero-order valence-corrected chi connectivity index (χ0v) is 14.7. The molecule has 2 heterocycles. The van der Waals surface area contributed by atoms with E-state index in [0.717, 1.165) is 38.5 Å². The zero-order chi connectivity index (χ0) is 15.3. The predicted octanol–water partition coefficient (Wildman–Crippen LogP) is 1.76. The highest BCUT2D eigenvalue weighted by Crippen LogP contribution is 2.29. The van der Waals surface area contributed by atoms with Crippen LogP contribution in [0.25, 0.3) is 0 Å². The largest absolute Gasteiger partial charge is 0.383 e. The van der Waals surface area contributed by atoms with Crippen LogP contribution in [0.15, 0.2) is 18.3 Å². The molecule has 1 aliphatic heterocycles. The van der Waals surface area contributed by atoms with Crippen LogP contribution in [0.3, 0.4) is 0 Å². The fourth-order valence-electron chi connectivity index (χ4n) is 2.76. The molecule has 0 bridgehead atoms. The lowest BCUT2D eigenvalue weighted by atomic mass is 9.90. The molecule has 0 amide bonds. The number of rotatable bonds is 7. The van der Waals surface area contributed by atoms with Gasteiger partial charge in [-0.3, -0.25) is 4.90 Å². The normalized spacial score (nSPS) is 21.6. The van der Waals surface area contributed by atoms with Crippen molar-refractivity contribution in [2.75, 3.05) is 51.8 Å². The standard InChI is InChI=1S/C16H28N4O.ClH/c1-16(12-17)6-7-20(13-16)11-14-4-5-15(18-10-14)19(2)8-9-21-3;/h4-5,10H,6-9,11-13,17H2,1-3H3;1H. The molecule has 2 rings (SSSR count). The molecular formula is C16H29ClN4O. The van der Waals surface area contributed by atoms with Gasteiger partial charge in [0.15, 0.2) is 0 Å². The highest BCUT2D eigenvalue weighted by molar-refractivity contribution is 5.85. The summed E-state index contributed by atoms with van der Waals surface area (Å²) in [6.45, 7) is 7.78. The Morgan fingerprint density at radius 2 is 2.23 bits per heavy atom. The minimum atomic E-state index is 0. The summed E-state index contributed by atoms with van der Waals surface area (Å²) in [4.78, 5) is 9.13. The monoisotopic (exact) mass is 328 g/mol. The number of nitrogens with two attached hydrogens (primary N) is 1. The van der Waals surface area contributed by atoms with E-state index >= 15 is 0 Å². The maximum absolute atomic E-state index is 5.86. The number of pyridine rings is 1. The number of likely N-dealkylation sites (tertiary alicyclic amines) is 1. The number of ether oxygens (including phenoxy) is 1. The Bertz CT molecular complexity index is 442. The van der Waals surface area contributed by atoms with E-state index in [1.807, 2.05) is 13.2 Å². The number of likely N-dealkylation sites (N-methyl/N-ethyl adjacent to an activating group) is 1. The summed E-state index contributed by atoms with van der Waals surface area (Å²) in [6, 6.07) is 4.26. The van der Waals surface area contributed by atoms with Crippen molar-refractivity contribution in [1.82, 2.24) is 9.88 Å². The summed E-state index contributed by atoms with van der Waals surface area (Å²) < 4.78 is 5.09. The van der Waals surface area contributed by atoms with Gasteiger partial charge in [0.1, 0.15) is 5.82 Å².